The van der Waals surface area contributed by atoms with Crippen LogP contribution in [0.1, 0.15) is 21.5 Å². The number of aromatic hydroxyl groups is 2. The summed E-state index contributed by atoms with van der Waals surface area (Å²) in [5.74, 6) is -2.28. The van der Waals surface area contributed by atoms with Gasteiger partial charge in [-0.25, -0.2) is 4.79 Å². The Morgan fingerprint density at radius 2 is 1.42 bits per heavy atom. The highest BCUT2D eigenvalue weighted by molar-refractivity contribution is 5.94. The van der Waals surface area contributed by atoms with Crippen LogP contribution in [0.3, 0.4) is 0 Å². The van der Waals surface area contributed by atoms with Crippen molar-refractivity contribution in [2.75, 3.05) is 0 Å². The van der Waals surface area contributed by atoms with Crippen LogP contribution >= 0.6 is 0 Å². The second-order valence-electron chi connectivity index (χ2n) is 3.98. The molecule has 96 valence electrons. The molecule has 0 aliphatic rings. The Kier molecular flexibility index (Phi) is 3.52. The van der Waals surface area contributed by atoms with Crippen molar-refractivity contribution >= 4 is 18.1 Å². The van der Waals surface area contributed by atoms with Crippen LogP contribution in [-0.4, -0.2) is 21.3 Å². The summed E-state index contributed by atoms with van der Waals surface area (Å²) in [4.78, 5) is 10.8. The highest BCUT2D eigenvalue weighted by Gasteiger charge is 2.15. The molecular formula is C15H12O4. The molecule has 0 spiro atoms. The van der Waals surface area contributed by atoms with E-state index in [1.54, 1.807) is 12.2 Å². The minimum Gasteiger partial charge on any atom is -0.507 e. The number of carbonyl (C=O) groups is 1. The van der Waals surface area contributed by atoms with Crippen LogP contribution in [-0.2, 0) is 0 Å². The van der Waals surface area contributed by atoms with E-state index in [9.17, 15) is 15.0 Å². The molecule has 4 nitrogen and oxygen atoms in total. The van der Waals surface area contributed by atoms with Crippen molar-refractivity contribution in [1.82, 2.24) is 0 Å². The Labute approximate surface area is 109 Å². The Morgan fingerprint density at radius 1 is 0.895 bits per heavy atom. The average Bonchev–Trinajstić information content (AvgIpc) is 2.36. The fourth-order valence-corrected chi connectivity index (χ4v) is 1.70. The number of carboxylic acids is 1. The van der Waals surface area contributed by atoms with E-state index >= 15 is 0 Å². The van der Waals surface area contributed by atoms with Crippen LogP contribution in [0.5, 0.6) is 11.5 Å². The predicted octanol–water partition coefficient (Wildman–Crippen LogP) is 2.97. The first-order valence-corrected chi connectivity index (χ1v) is 5.60. The Bertz CT molecular complexity index is 607. The Hall–Kier alpha value is -2.75. The Balaban J connectivity index is 2.33. The number of rotatable bonds is 3. The molecule has 0 aliphatic heterocycles. The lowest BCUT2D eigenvalue weighted by atomic mass is 10.1. The number of aromatic carboxylic acids is 1. The topological polar surface area (TPSA) is 77.8 Å². The monoisotopic (exact) mass is 256 g/mol. The minimum absolute atomic E-state index is 0.458. The summed E-state index contributed by atoms with van der Waals surface area (Å²) in [7, 11) is 0. The summed E-state index contributed by atoms with van der Waals surface area (Å²) >= 11 is 0. The molecule has 2 aromatic rings. The molecule has 0 unspecified atom stereocenters. The van der Waals surface area contributed by atoms with Gasteiger partial charge in [-0.05, 0) is 23.3 Å². The summed E-state index contributed by atoms with van der Waals surface area (Å²) in [6.45, 7) is 0. The van der Waals surface area contributed by atoms with E-state index in [-0.39, 0.29) is 0 Å². The highest BCUT2D eigenvalue weighted by Crippen LogP contribution is 2.29. The third-order valence-corrected chi connectivity index (χ3v) is 2.60. The zero-order valence-electron chi connectivity index (χ0n) is 9.95. The first kappa shape index (κ1) is 12.7. The summed E-state index contributed by atoms with van der Waals surface area (Å²) in [5, 5.41) is 27.9. The van der Waals surface area contributed by atoms with Gasteiger partial charge in [-0.2, -0.15) is 0 Å². The lowest BCUT2D eigenvalue weighted by molar-refractivity contribution is 0.0690. The molecule has 2 aromatic carbocycles. The third-order valence-electron chi connectivity index (χ3n) is 2.60. The van der Waals surface area contributed by atoms with Crippen molar-refractivity contribution < 1.29 is 20.1 Å². The summed E-state index contributed by atoms with van der Waals surface area (Å²) in [5.41, 5.74) is 0.990. The standard InChI is InChI=1S/C15H12O4/c16-12-8-11(9-13(17)14(12)15(18)19)7-6-10-4-2-1-3-5-10/h1-9,16-17H,(H,18,19)/b7-6+. The summed E-state index contributed by atoms with van der Waals surface area (Å²) in [6, 6.07) is 12.1. The van der Waals surface area contributed by atoms with Crippen molar-refractivity contribution in [3.8, 4) is 11.5 Å². The summed E-state index contributed by atoms with van der Waals surface area (Å²) < 4.78 is 0. The molecule has 0 heterocycles. The molecule has 19 heavy (non-hydrogen) atoms. The number of hydrogen-bond donors (Lipinski definition) is 3. The Morgan fingerprint density at radius 3 is 1.95 bits per heavy atom. The van der Waals surface area contributed by atoms with Gasteiger partial charge in [-0.3, -0.25) is 0 Å². The van der Waals surface area contributed by atoms with Gasteiger partial charge in [-0.1, -0.05) is 42.5 Å². The highest BCUT2D eigenvalue weighted by atomic mass is 16.4. The lowest BCUT2D eigenvalue weighted by Gasteiger charge is -2.04. The van der Waals surface area contributed by atoms with Crippen LogP contribution in [0, 0.1) is 0 Å². The van der Waals surface area contributed by atoms with Crippen molar-refractivity contribution in [2.45, 2.75) is 0 Å². The van der Waals surface area contributed by atoms with Crippen LogP contribution in [0.25, 0.3) is 12.2 Å². The minimum atomic E-state index is -1.37. The summed E-state index contributed by atoms with van der Waals surface area (Å²) in [6.07, 6.45) is 3.48. The number of phenols is 2. The normalized spacial score (nSPS) is 10.7. The third kappa shape index (κ3) is 2.93. The van der Waals surface area contributed by atoms with Gasteiger partial charge in [0.05, 0.1) is 0 Å². The zero-order chi connectivity index (χ0) is 13.8. The number of carboxylic acid groups (broad SMARTS) is 1. The van der Waals surface area contributed by atoms with Crippen molar-refractivity contribution in [2.24, 2.45) is 0 Å². The SMILES string of the molecule is O=C(O)c1c(O)cc(/C=C/c2ccccc2)cc1O. The largest absolute Gasteiger partial charge is 0.507 e. The van der Waals surface area contributed by atoms with Crippen LogP contribution in [0.2, 0.25) is 0 Å². The maximum atomic E-state index is 10.8. The molecule has 0 saturated heterocycles. The first-order valence-electron chi connectivity index (χ1n) is 5.60. The average molecular weight is 256 g/mol. The van der Waals surface area contributed by atoms with E-state index in [2.05, 4.69) is 0 Å². The van der Waals surface area contributed by atoms with Crippen LogP contribution in [0.4, 0.5) is 0 Å². The van der Waals surface area contributed by atoms with Crippen LogP contribution in [0.15, 0.2) is 42.5 Å². The second kappa shape index (κ2) is 5.27. The fourth-order valence-electron chi connectivity index (χ4n) is 1.70. The van der Waals surface area contributed by atoms with Crippen LogP contribution < -0.4 is 0 Å². The smallest absolute Gasteiger partial charge is 0.343 e. The predicted molar refractivity (Wildman–Crippen MR) is 72.1 cm³/mol. The molecule has 0 fully saturated rings. The van der Waals surface area contributed by atoms with Gasteiger partial charge in [0, 0.05) is 0 Å². The quantitative estimate of drug-likeness (QED) is 0.738. The van der Waals surface area contributed by atoms with E-state index in [4.69, 9.17) is 5.11 Å². The second-order valence-corrected chi connectivity index (χ2v) is 3.98. The first-order chi connectivity index (χ1) is 9.08. The van der Waals surface area contributed by atoms with E-state index in [1.807, 2.05) is 30.3 Å². The molecule has 0 radical (unpaired) electrons. The molecule has 3 N–H and O–H groups in total. The number of benzene rings is 2. The fraction of sp³-hybridized carbons (Fsp3) is 0. The molecular weight excluding hydrogens is 244 g/mol. The van der Waals surface area contributed by atoms with Gasteiger partial charge in [0.15, 0.2) is 0 Å². The van der Waals surface area contributed by atoms with Gasteiger partial charge in [0.2, 0.25) is 0 Å². The molecule has 0 aromatic heterocycles. The van der Waals surface area contributed by atoms with E-state index in [0.29, 0.717) is 5.56 Å². The van der Waals surface area contributed by atoms with Crippen molar-refractivity contribution in [3.05, 3.63) is 59.2 Å². The van der Waals surface area contributed by atoms with E-state index in [1.165, 1.54) is 12.1 Å². The van der Waals surface area contributed by atoms with Gasteiger partial charge >= 0.3 is 5.97 Å². The molecule has 0 aliphatic carbocycles. The van der Waals surface area contributed by atoms with E-state index < -0.39 is 23.0 Å². The molecule has 0 bridgehead atoms. The van der Waals surface area contributed by atoms with E-state index in [0.717, 1.165) is 5.56 Å². The molecule has 2 rings (SSSR count). The lowest BCUT2D eigenvalue weighted by Crippen LogP contribution is -1.97. The zero-order valence-corrected chi connectivity index (χ0v) is 9.95. The van der Waals surface area contributed by atoms with Crippen molar-refractivity contribution in [1.29, 1.82) is 0 Å². The maximum absolute atomic E-state index is 10.8. The van der Waals surface area contributed by atoms with Crippen molar-refractivity contribution in [3.63, 3.8) is 0 Å². The molecule has 0 atom stereocenters. The molecule has 0 saturated carbocycles. The molecule has 4 heteroatoms. The van der Waals surface area contributed by atoms with Gasteiger partial charge in [-0.15, -0.1) is 0 Å². The van der Waals surface area contributed by atoms with Gasteiger partial charge < -0.3 is 15.3 Å². The van der Waals surface area contributed by atoms with Gasteiger partial charge in [0.25, 0.3) is 0 Å². The van der Waals surface area contributed by atoms with Gasteiger partial charge in [0.1, 0.15) is 17.1 Å². The molecule has 0 amide bonds. The number of hydrogen-bond acceptors (Lipinski definition) is 3. The maximum Gasteiger partial charge on any atom is 0.343 e.